The first-order valence-electron chi connectivity index (χ1n) is 4.61. The van der Waals surface area contributed by atoms with Gasteiger partial charge in [-0.3, -0.25) is 0 Å². The van der Waals surface area contributed by atoms with Crippen LogP contribution in [-0.4, -0.2) is 41.0 Å². The monoisotopic (exact) mass is 295 g/mol. The first kappa shape index (κ1) is 15.9. The summed E-state index contributed by atoms with van der Waals surface area (Å²) in [6, 6.07) is 0. The molecule has 0 aliphatic heterocycles. The molecule has 1 N–H and O–H groups in total. The van der Waals surface area contributed by atoms with Crippen LogP contribution in [0.1, 0.15) is 6.42 Å². The molecule has 3 nitrogen and oxygen atoms in total. The van der Waals surface area contributed by atoms with Gasteiger partial charge >= 0.3 is 106 Å². The number of hydrogen-bond donors (Lipinski definition) is 1. The average Bonchev–Trinajstić information content (AvgIpc) is 2.18. The number of nitrogens with zero attached hydrogens (tertiary/aromatic N) is 1. The zero-order valence-electron chi connectivity index (χ0n) is 8.46. The van der Waals surface area contributed by atoms with Gasteiger partial charge in [0, 0.05) is 0 Å². The third-order valence-electron chi connectivity index (χ3n) is 1.71. The third kappa shape index (κ3) is 6.96. The molecule has 0 fully saturated rings. The van der Waals surface area contributed by atoms with E-state index < -0.39 is 7.22 Å². The topological polar surface area (TPSA) is 32.7 Å². The van der Waals surface area contributed by atoms with Crippen LogP contribution >= 0.6 is 41.7 Å². The molecule has 0 spiro atoms. The van der Waals surface area contributed by atoms with Gasteiger partial charge in [-0.1, -0.05) is 0 Å². The number of hydrogen-bond acceptors (Lipinski definition) is 3. The van der Waals surface area contributed by atoms with Gasteiger partial charge in [0.15, 0.2) is 0 Å². The summed E-state index contributed by atoms with van der Waals surface area (Å²) in [4.78, 5) is 9.92. The van der Waals surface area contributed by atoms with Gasteiger partial charge in [-0.05, 0) is 0 Å². The van der Waals surface area contributed by atoms with Crippen LogP contribution in [0.4, 0.5) is 0 Å². The Morgan fingerprint density at radius 3 is 2.27 bits per heavy atom. The van der Waals surface area contributed by atoms with Crippen molar-refractivity contribution >= 4 is 41.7 Å². The Bertz CT molecular complexity index is 177. The number of alkyl halides is 2. The van der Waals surface area contributed by atoms with Gasteiger partial charge in [0.1, 0.15) is 0 Å². The van der Waals surface area contributed by atoms with E-state index in [1.807, 2.05) is 0 Å². The van der Waals surface area contributed by atoms with Crippen LogP contribution in [0.25, 0.3) is 0 Å². The van der Waals surface area contributed by atoms with E-state index in [0.717, 1.165) is 0 Å². The molecule has 0 aromatic heterocycles. The molecule has 0 saturated heterocycles. The van der Waals surface area contributed by atoms with Crippen molar-refractivity contribution in [2.24, 2.45) is 0 Å². The van der Waals surface area contributed by atoms with E-state index in [1.54, 1.807) is 10.7 Å². The summed E-state index contributed by atoms with van der Waals surface area (Å²) in [7, 11) is -3.32. The van der Waals surface area contributed by atoms with Crippen molar-refractivity contribution in [3.05, 3.63) is 12.7 Å². The Morgan fingerprint density at radius 2 is 1.87 bits per heavy atom. The van der Waals surface area contributed by atoms with Crippen molar-refractivity contribution in [3.8, 4) is 0 Å². The van der Waals surface area contributed by atoms with Crippen LogP contribution in [0.2, 0.25) is 0 Å². The van der Waals surface area contributed by atoms with Crippen molar-refractivity contribution in [1.82, 2.24) is 4.67 Å². The van der Waals surface area contributed by atoms with Crippen molar-refractivity contribution in [1.29, 1.82) is 0 Å². The quantitative estimate of drug-likeness (QED) is 0.307. The second kappa shape index (κ2) is 9.00. The van der Waals surface area contributed by atoms with Crippen molar-refractivity contribution in [3.63, 3.8) is 0 Å². The molecule has 0 aliphatic rings. The molecular weight excluding hydrogens is 279 g/mol. The second-order valence-corrected chi connectivity index (χ2v) is 7.03. The van der Waals surface area contributed by atoms with Crippen LogP contribution in [0.3, 0.4) is 0 Å². The van der Waals surface area contributed by atoms with E-state index >= 15 is 0 Å². The summed E-state index contributed by atoms with van der Waals surface area (Å²) < 4.78 is 6.84. The fourth-order valence-electron chi connectivity index (χ4n) is 0.955. The molecule has 0 unspecified atom stereocenters. The van der Waals surface area contributed by atoms with E-state index in [9.17, 15) is 4.89 Å². The second-order valence-electron chi connectivity index (χ2n) is 2.82. The van der Waals surface area contributed by atoms with Gasteiger partial charge in [-0.2, -0.15) is 0 Å². The number of halogens is 3. The molecule has 0 bridgehead atoms. The molecule has 15 heavy (non-hydrogen) atoms. The van der Waals surface area contributed by atoms with Crippen molar-refractivity contribution < 1.29 is 9.42 Å². The van der Waals surface area contributed by atoms with Crippen molar-refractivity contribution in [2.45, 2.75) is 6.42 Å². The third-order valence-corrected chi connectivity index (χ3v) is 4.89. The Kier molecular flexibility index (Phi) is 9.55. The first-order valence-corrected chi connectivity index (χ1v) is 8.50. The van der Waals surface area contributed by atoms with Crippen LogP contribution in [-0.2, 0) is 4.52 Å². The molecule has 0 saturated carbocycles. The Balaban J connectivity index is 4.13. The summed E-state index contributed by atoms with van der Waals surface area (Å²) in [6.07, 6.45) is 2.35. The van der Waals surface area contributed by atoms with E-state index in [0.29, 0.717) is 37.9 Å². The minimum atomic E-state index is -3.32. The molecule has 0 heterocycles. The standard InChI is InChI=1S/C8H17Cl3NO2P/c1-2-3-8-14-15(11,13)12(6-4-9)7-5-10/h2,13,15H,1,3-8H2. The van der Waals surface area contributed by atoms with E-state index in [4.69, 9.17) is 39.0 Å². The molecule has 0 rings (SSSR count). The molecule has 0 aromatic carbocycles. The zero-order chi connectivity index (χ0) is 11.7. The van der Waals surface area contributed by atoms with E-state index in [2.05, 4.69) is 6.58 Å². The molecular formula is C8H17Cl3NO2P. The fourth-order valence-corrected chi connectivity index (χ4v) is 3.72. The molecule has 0 aromatic rings. The normalized spacial score (nSPS) is 13.1. The predicted molar refractivity (Wildman–Crippen MR) is 70.2 cm³/mol. The molecule has 0 atom stereocenters. The molecule has 7 heteroatoms. The number of rotatable bonds is 9. The Labute approximate surface area is 106 Å². The first-order chi connectivity index (χ1) is 7.08. The molecule has 0 amide bonds. The zero-order valence-corrected chi connectivity index (χ0v) is 11.7. The van der Waals surface area contributed by atoms with Gasteiger partial charge in [-0.25, -0.2) is 0 Å². The van der Waals surface area contributed by atoms with E-state index in [-0.39, 0.29) is 0 Å². The van der Waals surface area contributed by atoms with Gasteiger partial charge in [-0.15, -0.1) is 0 Å². The maximum atomic E-state index is 9.92. The molecule has 0 aliphatic carbocycles. The van der Waals surface area contributed by atoms with E-state index in [1.165, 1.54) is 0 Å². The summed E-state index contributed by atoms with van der Waals surface area (Å²) in [5, 5.41) is 0. The van der Waals surface area contributed by atoms with Crippen LogP contribution in [0.5, 0.6) is 0 Å². The predicted octanol–water partition coefficient (Wildman–Crippen LogP) is 3.00. The summed E-state index contributed by atoms with van der Waals surface area (Å²) in [5.41, 5.74) is 0. The molecule has 92 valence electrons. The minimum absolute atomic E-state index is 0.358. The SMILES string of the molecule is C=CCCO[PH](O)(Cl)N(CCCl)CCCl. The van der Waals surface area contributed by atoms with Crippen LogP contribution < -0.4 is 0 Å². The average molecular weight is 297 g/mol. The van der Waals surface area contributed by atoms with Gasteiger partial charge in [0.2, 0.25) is 0 Å². The Morgan fingerprint density at radius 1 is 1.33 bits per heavy atom. The maximum absolute atomic E-state index is 9.92. The van der Waals surface area contributed by atoms with Gasteiger partial charge < -0.3 is 0 Å². The summed E-state index contributed by atoms with van der Waals surface area (Å²) in [5.74, 6) is 0.757. The van der Waals surface area contributed by atoms with Crippen molar-refractivity contribution in [2.75, 3.05) is 31.5 Å². The van der Waals surface area contributed by atoms with Gasteiger partial charge in [0.25, 0.3) is 0 Å². The van der Waals surface area contributed by atoms with Gasteiger partial charge in [0.05, 0.1) is 0 Å². The molecule has 0 radical (unpaired) electrons. The Hall–Kier alpha value is 0.920. The van der Waals surface area contributed by atoms with Crippen LogP contribution in [0, 0.1) is 0 Å². The van der Waals surface area contributed by atoms with Crippen LogP contribution in [0.15, 0.2) is 12.7 Å². The summed E-state index contributed by atoms with van der Waals surface area (Å²) in [6.45, 7) is 4.84. The summed E-state index contributed by atoms with van der Waals surface area (Å²) >= 11 is 17.1. The fraction of sp³-hybridized carbons (Fsp3) is 0.750.